The fourth-order valence-corrected chi connectivity index (χ4v) is 2.43. The van der Waals surface area contributed by atoms with E-state index in [0.717, 1.165) is 12.0 Å². The molecule has 0 unspecified atom stereocenters. The SMILES string of the molecule is O=CN1CCN(C(=O)c2cnc(NCc3cccnc3)nc2)CC1. The highest BCUT2D eigenvalue weighted by atomic mass is 16.2. The maximum absolute atomic E-state index is 12.4. The second-order valence-electron chi connectivity index (χ2n) is 5.44. The Labute approximate surface area is 139 Å². The predicted octanol–water partition coefficient (Wildman–Crippen LogP) is 0.398. The molecule has 24 heavy (non-hydrogen) atoms. The van der Waals surface area contributed by atoms with Gasteiger partial charge in [-0.2, -0.15) is 0 Å². The van der Waals surface area contributed by atoms with Crippen molar-refractivity contribution in [3.05, 3.63) is 48.0 Å². The number of carbonyl (C=O) groups is 2. The summed E-state index contributed by atoms with van der Waals surface area (Å²) in [5.41, 5.74) is 1.47. The van der Waals surface area contributed by atoms with E-state index in [9.17, 15) is 9.59 Å². The molecule has 1 saturated heterocycles. The molecule has 1 N–H and O–H groups in total. The molecule has 0 aliphatic carbocycles. The van der Waals surface area contributed by atoms with Crippen molar-refractivity contribution in [1.82, 2.24) is 24.8 Å². The van der Waals surface area contributed by atoms with Gasteiger partial charge in [-0.05, 0) is 11.6 Å². The summed E-state index contributed by atoms with van der Waals surface area (Å²) in [5.74, 6) is 0.348. The van der Waals surface area contributed by atoms with Gasteiger partial charge in [0.15, 0.2) is 0 Å². The van der Waals surface area contributed by atoms with Crippen molar-refractivity contribution in [2.75, 3.05) is 31.5 Å². The van der Waals surface area contributed by atoms with Gasteiger partial charge in [-0.15, -0.1) is 0 Å². The number of rotatable bonds is 5. The van der Waals surface area contributed by atoms with E-state index >= 15 is 0 Å². The Morgan fingerprint density at radius 3 is 2.54 bits per heavy atom. The standard InChI is InChI=1S/C16H18N6O2/c23-12-21-4-6-22(7-5-21)15(24)14-10-19-16(20-11-14)18-9-13-2-1-3-17-8-13/h1-3,8,10-12H,4-7,9H2,(H,18,19,20). The zero-order chi connectivity index (χ0) is 16.8. The summed E-state index contributed by atoms with van der Waals surface area (Å²) in [7, 11) is 0. The number of aromatic nitrogens is 3. The second-order valence-corrected chi connectivity index (χ2v) is 5.44. The Morgan fingerprint density at radius 2 is 1.92 bits per heavy atom. The lowest BCUT2D eigenvalue weighted by Gasteiger charge is -2.32. The lowest BCUT2D eigenvalue weighted by atomic mass is 10.2. The number of piperazine rings is 1. The van der Waals surface area contributed by atoms with Crippen LogP contribution in [0, 0.1) is 0 Å². The third-order valence-corrected chi connectivity index (χ3v) is 3.82. The van der Waals surface area contributed by atoms with Gasteiger partial charge in [-0.3, -0.25) is 14.6 Å². The highest BCUT2D eigenvalue weighted by Gasteiger charge is 2.21. The zero-order valence-corrected chi connectivity index (χ0v) is 13.1. The van der Waals surface area contributed by atoms with Crippen LogP contribution in [0.4, 0.5) is 5.95 Å². The molecule has 1 aliphatic heterocycles. The van der Waals surface area contributed by atoms with Crippen LogP contribution < -0.4 is 5.32 Å². The lowest BCUT2D eigenvalue weighted by Crippen LogP contribution is -2.48. The fourth-order valence-electron chi connectivity index (χ4n) is 2.43. The van der Waals surface area contributed by atoms with Crippen molar-refractivity contribution in [2.24, 2.45) is 0 Å². The highest BCUT2D eigenvalue weighted by Crippen LogP contribution is 2.08. The van der Waals surface area contributed by atoms with Crippen LogP contribution in [0.1, 0.15) is 15.9 Å². The molecule has 1 aliphatic rings. The third kappa shape index (κ3) is 3.83. The molecular weight excluding hydrogens is 308 g/mol. The molecule has 0 bridgehead atoms. The van der Waals surface area contributed by atoms with Crippen LogP contribution in [-0.4, -0.2) is 63.2 Å². The van der Waals surface area contributed by atoms with E-state index in [2.05, 4.69) is 20.3 Å². The zero-order valence-electron chi connectivity index (χ0n) is 13.1. The minimum absolute atomic E-state index is 0.112. The summed E-state index contributed by atoms with van der Waals surface area (Å²) in [6.45, 7) is 2.73. The second kappa shape index (κ2) is 7.49. The first-order valence-corrected chi connectivity index (χ1v) is 7.70. The van der Waals surface area contributed by atoms with Gasteiger partial charge in [0.1, 0.15) is 0 Å². The molecule has 2 aromatic heterocycles. The molecular formula is C16H18N6O2. The van der Waals surface area contributed by atoms with Crippen LogP contribution in [0.5, 0.6) is 0 Å². The smallest absolute Gasteiger partial charge is 0.257 e. The van der Waals surface area contributed by atoms with Crippen molar-refractivity contribution in [3.63, 3.8) is 0 Å². The quantitative estimate of drug-likeness (QED) is 0.800. The first-order chi connectivity index (χ1) is 11.8. The van der Waals surface area contributed by atoms with Gasteiger partial charge >= 0.3 is 0 Å². The Balaban J connectivity index is 1.56. The molecule has 0 aromatic carbocycles. The third-order valence-electron chi connectivity index (χ3n) is 3.82. The minimum Gasteiger partial charge on any atom is -0.350 e. The molecule has 8 nitrogen and oxygen atoms in total. The van der Waals surface area contributed by atoms with Crippen LogP contribution >= 0.6 is 0 Å². The predicted molar refractivity (Wildman–Crippen MR) is 87.1 cm³/mol. The van der Waals surface area contributed by atoms with Gasteiger partial charge in [0.05, 0.1) is 5.56 Å². The number of hydrogen-bond acceptors (Lipinski definition) is 6. The summed E-state index contributed by atoms with van der Waals surface area (Å²) in [4.78, 5) is 38.9. The summed E-state index contributed by atoms with van der Waals surface area (Å²) in [6.07, 6.45) is 7.34. The van der Waals surface area contributed by atoms with E-state index < -0.39 is 0 Å². The molecule has 2 amide bonds. The van der Waals surface area contributed by atoms with Crippen LogP contribution in [0.2, 0.25) is 0 Å². The average Bonchev–Trinajstić information content (AvgIpc) is 2.67. The summed E-state index contributed by atoms with van der Waals surface area (Å²) in [6, 6.07) is 3.82. The normalized spacial score (nSPS) is 14.3. The molecule has 124 valence electrons. The van der Waals surface area contributed by atoms with Gasteiger partial charge in [-0.1, -0.05) is 6.07 Å². The van der Waals surface area contributed by atoms with Crippen LogP contribution in [-0.2, 0) is 11.3 Å². The average molecular weight is 326 g/mol. The van der Waals surface area contributed by atoms with Crippen molar-refractivity contribution in [2.45, 2.75) is 6.54 Å². The number of hydrogen-bond donors (Lipinski definition) is 1. The van der Waals surface area contributed by atoms with E-state index in [1.165, 1.54) is 12.4 Å². The molecule has 0 spiro atoms. The van der Waals surface area contributed by atoms with E-state index in [-0.39, 0.29) is 5.91 Å². The Hall–Kier alpha value is -3.03. The summed E-state index contributed by atoms with van der Waals surface area (Å²) in [5, 5.41) is 3.09. The number of pyridine rings is 1. The van der Waals surface area contributed by atoms with E-state index in [1.54, 1.807) is 22.2 Å². The van der Waals surface area contributed by atoms with Gasteiger partial charge in [0, 0.05) is 57.5 Å². The lowest BCUT2D eigenvalue weighted by molar-refractivity contribution is -0.119. The number of nitrogens with zero attached hydrogens (tertiary/aromatic N) is 5. The highest BCUT2D eigenvalue weighted by molar-refractivity contribution is 5.93. The van der Waals surface area contributed by atoms with Crippen LogP contribution in [0.25, 0.3) is 0 Å². The molecule has 1 fully saturated rings. The van der Waals surface area contributed by atoms with Crippen molar-refractivity contribution in [1.29, 1.82) is 0 Å². The molecule has 2 aromatic rings. The Bertz CT molecular complexity index is 683. The van der Waals surface area contributed by atoms with Gasteiger partial charge < -0.3 is 15.1 Å². The van der Waals surface area contributed by atoms with Crippen molar-refractivity contribution >= 4 is 18.3 Å². The molecule has 3 heterocycles. The number of anilines is 1. The first-order valence-electron chi connectivity index (χ1n) is 7.70. The van der Waals surface area contributed by atoms with E-state index in [4.69, 9.17) is 0 Å². The van der Waals surface area contributed by atoms with Gasteiger partial charge in [-0.25, -0.2) is 9.97 Å². The minimum atomic E-state index is -0.112. The van der Waals surface area contributed by atoms with E-state index in [0.29, 0.717) is 44.2 Å². The van der Waals surface area contributed by atoms with E-state index in [1.807, 2.05) is 12.1 Å². The Kier molecular flexibility index (Phi) is 4.95. The maximum Gasteiger partial charge on any atom is 0.257 e. The number of amides is 2. The van der Waals surface area contributed by atoms with Gasteiger partial charge in [0.2, 0.25) is 12.4 Å². The van der Waals surface area contributed by atoms with Crippen LogP contribution in [0.3, 0.4) is 0 Å². The number of nitrogens with one attached hydrogen (secondary N) is 1. The Morgan fingerprint density at radius 1 is 1.17 bits per heavy atom. The largest absolute Gasteiger partial charge is 0.350 e. The summed E-state index contributed by atoms with van der Waals surface area (Å²) < 4.78 is 0. The number of carbonyl (C=O) groups excluding carboxylic acids is 2. The topological polar surface area (TPSA) is 91.3 Å². The van der Waals surface area contributed by atoms with Crippen LogP contribution in [0.15, 0.2) is 36.9 Å². The molecule has 0 saturated carbocycles. The molecule has 3 rings (SSSR count). The fraction of sp³-hybridized carbons (Fsp3) is 0.312. The first kappa shape index (κ1) is 15.9. The molecule has 0 atom stereocenters. The maximum atomic E-state index is 12.4. The molecule has 8 heteroatoms. The van der Waals surface area contributed by atoms with Crippen molar-refractivity contribution < 1.29 is 9.59 Å². The molecule has 0 radical (unpaired) electrons. The summed E-state index contributed by atoms with van der Waals surface area (Å²) >= 11 is 0. The van der Waals surface area contributed by atoms with Crippen molar-refractivity contribution in [3.8, 4) is 0 Å². The van der Waals surface area contributed by atoms with Gasteiger partial charge in [0.25, 0.3) is 5.91 Å². The monoisotopic (exact) mass is 326 g/mol.